The highest BCUT2D eigenvalue weighted by Gasteiger charge is 2.51. The van der Waals surface area contributed by atoms with E-state index in [1.165, 1.54) is 27.4 Å². The summed E-state index contributed by atoms with van der Waals surface area (Å²) in [6.07, 6.45) is 0.296. The second-order valence-electron chi connectivity index (χ2n) is 6.96. The van der Waals surface area contributed by atoms with Gasteiger partial charge in [0, 0.05) is 12.3 Å². The van der Waals surface area contributed by atoms with E-state index in [0.717, 1.165) is 0 Å². The second kappa shape index (κ2) is 8.08. The lowest BCUT2D eigenvalue weighted by Crippen LogP contribution is -2.44. The van der Waals surface area contributed by atoms with Crippen molar-refractivity contribution in [2.75, 3.05) is 27.9 Å². The highest BCUT2D eigenvalue weighted by Crippen LogP contribution is 2.40. The summed E-state index contributed by atoms with van der Waals surface area (Å²) >= 11 is 0. The van der Waals surface area contributed by atoms with Crippen LogP contribution in [0.3, 0.4) is 0 Å². The number of methoxy groups -OCH3 is 3. The lowest BCUT2D eigenvalue weighted by atomic mass is 9.80. The summed E-state index contributed by atoms with van der Waals surface area (Å²) in [6, 6.07) is 7.89. The molecule has 0 bridgehead atoms. The van der Waals surface area contributed by atoms with Crippen LogP contribution in [0.4, 0.5) is 0 Å². The lowest BCUT2D eigenvalue weighted by Gasteiger charge is -2.26. The van der Waals surface area contributed by atoms with Gasteiger partial charge in [-0.2, -0.15) is 0 Å². The molecule has 8 nitrogen and oxygen atoms in total. The zero-order valence-corrected chi connectivity index (χ0v) is 16.5. The number of cyclic esters (lactones) is 1. The predicted octanol–water partition coefficient (Wildman–Crippen LogP) is 1.81. The molecule has 156 valence electrons. The number of rotatable bonds is 7. The molecule has 0 radical (unpaired) electrons. The van der Waals surface area contributed by atoms with Gasteiger partial charge in [0.2, 0.25) is 5.75 Å². The molecule has 2 aromatic rings. The minimum atomic E-state index is -1.75. The standard InChI is InChI=1S/C21H24O8/c1-26-16-7-12(4-5-15(16)22)10-21(25)14(11-29-20(21)24)6-13-8-17(27-2)19(23)18(9-13)28-3/h4-5,7-9,14,22-23,25H,6,10-11H2,1-3H3/t14-,21-/m0/s1. The Morgan fingerprint density at radius 1 is 1.00 bits per heavy atom. The van der Waals surface area contributed by atoms with Crippen molar-refractivity contribution in [2.24, 2.45) is 5.92 Å². The maximum atomic E-state index is 12.4. The average Bonchev–Trinajstić information content (AvgIpc) is 2.98. The normalized spacial score (nSPS) is 21.0. The van der Waals surface area contributed by atoms with Crippen LogP contribution in [-0.2, 0) is 22.4 Å². The molecule has 3 rings (SSSR count). The summed E-state index contributed by atoms with van der Waals surface area (Å²) in [7, 11) is 4.27. The van der Waals surface area contributed by atoms with Crippen molar-refractivity contribution >= 4 is 5.97 Å². The van der Waals surface area contributed by atoms with Crippen molar-refractivity contribution in [1.82, 2.24) is 0 Å². The summed E-state index contributed by atoms with van der Waals surface area (Å²) < 4.78 is 20.6. The van der Waals surface area contributed by atoms with Crippen LogP contribution in [0, 0.1) is 5.92 Å². The molecule has 0 unspecified atom stereocenters. The van der Waals surface area contributed by atoms with Crippen molar-refractivity contribution in [3.05, 3.63) is 41.5 Å². The number of hydrogen-bond acceptors (Lipinski definition) is 8. The molecule has 0 saturated carbocycles. The molecule has 1 aliphatic rings. The first-order chi connectivity index (χ1) is 13.8. The van der Waals surface area contributed by atoms with E-state index in [9.17, 15) is 20.1 Å². The van der Waals surface area contributed by atoms with E-state index < -0.39 is 17.5 Å². The fraction of sp³-hybridized carbons (Fsp3) is 0.381. The molecular weight excluding hydrogens is 380 g/mol. The van der Waals surface area contributed by atoms with Crippen LogP contribution in [0.2, 0.25) is 0 Å². The minimum Gasteiger partial charge on any atom is -0.504 e. The quantitative estimate of drug-likeness (QED) is 0.599. The third-order valence-corrected chi connectivity index (χ3v) is 5.18. The van der Waals surface area contributed by atoms with E-state index in [1.807, 2.05) is 0 Å². The Balaban J connectivity index is 1.89. The molecule has 0 spiro atoms. The first-order valence-corrected chi connectivity index (χ1v) is 9.01. The Bertz CT molecular complexity index is 885. The van der Waals surface area contributed by atoms with Gasteiger partial charge in [0.1, 0.15) is 0 Å². The van der Waals surface area contributed by atoms with Crippen LogP contribution >= 0.6 is 0 Å². The van der Waals surface area contributed by atoms with Crippen LogP contribution < -0.4 is 14.2 Å². The van der Waals surface area contributed by atoms with E-state index in [2.05, 4.69) is 0 Å². The van der Waals surface area contributed by atoms with Gasteiger partial charge in [-0.1, -0.05) is 6.07 Å². The number of aromatic hydroxyl groups is 2. The number of ether oxygens (including phenoxy) is 4. The van der Waals surface area contributed by atoms with Crippen molar-refractivity contribution in [2.45, 2.75) is 18.4 Å². The van der Waals surface area contributed by atoms with Crippen molar-refractivity contribution in [3.8, 4) is 28.7 Å². The molecule has 1 aliphatic heterocycles. The number of hydrogen-bond donors (Lipinski definition) is 3. The Morgan fingerprint density at radius 3 is 2.17 bits per heavy atom. The first kappa shape index (κ1) is 20.6. The minimum absolute atomic E-state index is 0.000503. The fourth-order valence-electron chi connectivity index (χ4n) is 3.54. The molecule has 2 atom stereocenters. The van der Waals surface area contributed by atoms with Crippen LogP contribution in [0.15, 0.2) is 30.3 Å². The van der Waals surface area contributed by atoms with Crippen LogP contribution in [-0.4, -0.2) is 54.8 Å². The monoisotopic (exact) mass is 404 g/mol. The smallest absolute Gasteiger partial charge is 0.338 e. The van der Waals surface area contributed by atoms with Gasteiger partial charge in [0.05, 0.1) is 27.9 Å². The SMILES string of the molecule is COc1cc(C[C@@]2(O)C(=O)OC[C@@H]2Cc2cc(OC)c(O)c(OC)c2)ccc1O. The number of benzene rings is 2. The van der Waals surface area contributed by atoms with Crippen molar-refractivity contribution < 1.29 is 39.1 Å². The van der Waals surface area contributed by atoms with Gasteiger partial charge in [-0.05, 0) is 41.8 Å². The molecular formula is C21H24O8. The number of aliphatic hydroxyl groups is 1. The number of phenolic OH excluding ortho intramolecular Hbond substituents is 2. The summed E-state index contributed by atoms with van der Waals surface area (Å²) in [5.41, 5.74) is -0.422. The van der Waals surface area contributed by atoms with Crippen LogP contribution in [0.25, 0.3) is 0 Å². The molecule has 0 aliphatic carbocycles. The highest BCUT2D eigenvalue weighted by atomic mass is 16.6. The summed E-state index contributed by atoms with van der Waals surface area (Å²) in [6.45, 7) is 0.0516. The Morgan fingerprint density at radius 2 is 1.59 bits per heavy atom. The zero-order chi connectivity index (χ0) is 21.2. The maximum Gasteiger partial charge on any atom is 0.338 e. The molecule has 1 fully saturated rings. The van der Waals surface area contributed by atoms with Gasteiger partial charge in [0.15, 0.2) is 28.6 Å². The zero-order valence-electron chi connectivity index (χ0n) is 16.5. The average molecular weight is 404 g/mol. The molecule has 1 saturated heterocycles. The van der Waals surface area contributed by atoms with Gasteiger partial charge in [-0.15, -0.1) is 0 Å². The third-order valence-electron chi connectivity index (χ3n) is 5.18. The predicted molar refractivity (Wildman–Crippen MR) is 103 cm³/mol. The number of phenols is 2. The van der Waals surface area contributed by atoms with Gasteiger partial charge in [-0.3, -0.25) is 0 Å². The number of carbonyl (C=O) groups excluding carboxylic acids is 1. The van der Waals surface area contributed by atoms with Crippen molar-refractivity contribution in [3.63, 3.8) is 0 Å². The highest BCUT2D eigenvalue weighted by molar-refractivity contribution is 5.82. The molecule has 8 heteroatoms. The van der Waals surface area contributed by atoms with E-state index in [1.54, 1.807) is 24.3 Å². The summed E-state index contributed by atoms with van der Waals surface area (Å²) in [5.74, 6) is -0.670. The largest absolute Gasteiger partial charge is 0.504 e. The fourth-order valence-corrected chi connectivity index (χ4v) is 3.54. The van der Waals surface area contributed by atoms with E-state index in [4.69, 9.17) is 18.9 Å². The number of esters is 1. The van der Waals surface area contributed by atoms with E-state index >= 15 is 0 Å². The molecule has 3 N–H and O–H groups in total. The first-order valence-electron chi connectivity index (χ1n) is 9.01. The van der Waals surface area contributed by atoms with Gasteiger partial charge in [0.25, 0.3) is 0 Å². The molecule has 0 amide bonds. The molecule has 1 heterocycles. The van der Waals surface area contributed by atoms with Gasteiger partial charge >= 0.3 is 5.97 Å². The van der Waals surface area contributed by atoms with Crippen LogP contribution in [0.5, 0.6) is 28.7 Å². The second-order valence-corrected chi connectivity index (χ2v) is 6.96. The lowest BCUT2D eigenvalue weighted by molar-refractivity contribution is -0.154. The number of carbonyl (C=O) groups is 1. The van der Waals surface area contributed by atoms with E-state index in [0.29, 0.717) is 17.5 Å². The summed E-state index contributed by atoms with van der Waals surface area (Å²) in [5, 5.41) is 31.0. The van der Waals surface area contributed by atoms with E-state index in [-0.39, 0.29) is 41.8 Å². The summed E-state index contributed by atoms with van der Waals surface area (Å²) in [4.78, 5) is 12.4. The Kier molecular flexibility index (Phi) is 5.74. The molecule has 2 aromatic carbocycles. The van der Waals surface area contributed by atoms with Crippen LogP contribution in [0.1, 0.15) is 11.1 Å². The Labute approximate surface area is 168 Å². The maximum absolute atomic E-state index is 12.4. The Hall–Kier alpha value is -3.13. The topological polar surface area (TPSA) is 115 Å². The van der Waals surface area contributed by atoms with Gasteiger partial charge in [-0.25, -0.2) is 4.79 Å². The van der Waals surface area contributed by atoms with Gasteiger partial charge < -0.3 is 34.3 Å². The molecule has 29 heavy (non-hydrogen) atoms. The molecule has 0 aromatic heterocycles. The van der Waals surface area contributed by atoms with Crippen molar-refractivity contribution in [1.29, 1.82) is 0 Å². The third kappa shape index (κ3) is 3.88.